The second kappa shape index (κ2) is 6.98. The highest BCUT2D eigenvalue weighted by molar-refractivity contribution is 6.04. The van der Waals surface area contributed by atoms with E-state index in [0.29, 0.717) is 13.0 Å². The lowest BCUT2D eigenvalue weighted by molar-refractivity contribution is -0.130. The number of carbonyl (C=O) groups excluding carboxylic acids is 3. The SMILES string of the molecule is CN(Cc1nnc2n1CCCCC2)C(=O)CC[C@H]1NC(=O)NC1=O. The summed E-state index contributed by atoms with van der Waals surface area (Å²) in [6.07, 6.45) is 4.83. The van der Waals surface area contributed by atoms with Gasteiger partial charge in [0.2, 0.25) is 5.91 Å². The van der Waals surface area contributed by atoms with Gasteiger partial charge in [-0.05, 0) is 19.3 Å². The molecule has 1 aromatic heterocycles. The first kappa shape index (κ1) is 16.4. The second-order valence-electron chi connectivity index (χ2n) is 6.30. The molecular weight excluding hydrogens is 312 g/mol. The maximum absolute atomic E-state index is 12.3. The van der Waals surface area contributed by atoms with Crippen molar-refractivity contribution in [2.75, 3.05) is 7.05 Å². The molecule has 0 saturated carbocycles. The molecular formula is C15H22N6O3. The van der Waals surface area contributed by atoms with Crippen LogP contribution in [0.1, 0.15) is 43.8 Å². The number of imide groups is 1. The van der Waals surface area contributed by atoms with E-state index in [1.54, 1.807) is 11.9 Å². The van der Waals surface area contributed by atoms with Gasteiger partial charge in [-0.3, -0.25) is 14.9 Å². The maximum atomic E-state index is 12.3. The molecule has 9 heteroatoms. The molecule has 0 aliphatic carbocycles. The summed E-state index contributed by atoms with van der Waals surface area (Å²) in [6, 6.07) is -1.13. The van der Waals surface area contributed by atoms with Gasteiger partial charge in [0.1, 0.15) is 11.9 Å². The fourth-order valence-corrected chi connectivity index (χ4v) is 3.08. The van der Waals surface area contributed by atoms with Crippen LogP contribution in [0, 0.1) is 0 Å². The Morgan fingerprint density at radius 2 is 2.12 bits per heavy atom. The van der Waals surface area contributed by atoms with Gasteiger partial charge in [-0.25, -0.2) is 4.79 Å². The van der Waals surface area contributed by atoms with E-state index in [0.717, 1.165) is 37.5 Å². The molecule has 0 aromatic carbocycles. The molecule has 0 bridgehead atoms. The first-order valence-electron chi connectivity index (χ1n) is 8.31. The minimum Gasteiger partial charge on any atom is -0.338 e. The Balaban J connectivity index is 1.54. The minimum atomic E-state index is -0.626. The molecule has 130 valence electrons. The molecule has 1 atom stereocenters. The molecule has 3 heterocycles. The normalized spacial score (nSPS) is 20.1. The molecule has 0 spiro atoms. The highest BCUT2D eigenvalue weighted by Gasteiger charge is 2.30. The summed E-state index contributed by atoms with van der Waals surface area (Å²) in [7, 11) is 1.72. The lowest BCUT2D eigenvalue weighted by Gasteiger charge is -2.18. The first-order chi connectivity index (χ1) is 11.5. The number of amides is 4. The Bertz CT molecular complexity index is 656. The molecule has 0 unspecified atom stereocenters. The van der Waals surface area contributed by atoms with Gasteiger partial charge in [0.05, 0.1) is 6.54 Å². The molecule has 1 fully saturated rings. The van der Waals surface area contributed by atoms with Crippen molar-refractivity contribution in [3.05, 3.63) is 11.6 Å². The predicted molar refractivity (Wildman–Crippen MR) is 83.7 cm³/mol. The van der Waals surface area contributed by atoms with Crippen LogP contribution in [0.4, 0.5) is 4.79 Å². The fourth-order valence-electron chi connectivity index (χ4n) is 3.08. The molecule has 9 nitrogen and oxygen atoms in total. The second-order valence-corrected chi connectivity index (χ2v) is 6.30. The number of aromatic nitrogens is 3. The van der Waals surface area contributed by atoms with Crippen molar-refractivity contribution in [1.29, 1.82) is 0 Å². The van der Waals surface area contributed by atoms with Crippen LogP contribution in [0.3, 0.4) is 0 Å². The quantitative estimate of drug-likeness (QED) is 0.734. The van der Waals surface area contributed by atoms with Gasteiger partial charge >= 0.3 is 6.03 Å². The van der Waals surface area contributed by atoms with E-state index in [-0.39, 0.29) is 18.2 Å². The Hall–Kier alpha value is -2.45. The molecule has 2 aliphatic rings. The number of aryl methyl sites for hydroxylation is 1. The summed E-state index contributed by atoms with van der Waals surface area (Å²) in [5.41, 5.74) is 0. The molecule has 3 rings (SSSR count). The highest BCUT2D eigenvalue weighted by Crippen LogP contribution is 2.15. The van der Waals surface area contributed by atoms with Gasteiger partial charge in [0, 0.05) is 26.4 Å². The highest BCUT2D eigenvalue weighted by atomic mass is 16.2. The molecule has 2 N–H and O–H groups in total. The smallest absolute Gasteiger partial charge is 0.322 e. The average molecular weight is 334 g/mol. The maximum Gasteiger partial charge on any atom is 0.322 e. The van der Waals surface area contributed by atoms with Gasteiger partial charge in [0.25, 0.3) is 5.91 Å². The Kier molecular flexibility index (Phi) is 4.77. The summed E-state index contributed by atoms with van der Waals surface area (Å²) in [5, 5.41) is 13.1. The van der Waals surface area contributed by atoms with E-state index in [1.807, 2.05) is 0 Å². The average Bonchev–Trinajstić information content (AvgIpc) is 2.97. The van der Waals surface area contributed by atoms with E-state index in [1.165, 1.54) is 6.42 Å². The third-order valence-corrected chi connectivity index (χ3v) is 4.50. The fraction of sp³-hybridized carbons (Fsp3) is 0.667. The number of hydrogen-bond acceptors (Lipinski definition) is 5. The summed E-state index contributed by atoms with van der Waals surface area (Å²) in [5.74, 6) is 1.33. The number of nitrogens with zero attached hydrogens (tertiary/aromatic N) is 4. The monoisotopic (exact) mass is 334 g/mol. The summed E-state index contributed by atoms with van der Waals surface area (Å²) in [4.78, 5) is 36.4. The zero-order valence-electron chi connectivity index (χ0n) is 13.7. The third kappa shape index (κ3) is 3.55. The van der Waals surface area contributed by atoms with Crippen molar-refractivity contribution in [2.24, 2.45) is 0 Å². The lowest BCUT2D eigenvalue weighted by atomic mass is 10.1. The van der Waals surface area contributed by atoms with Crippen molar-refractivity contribution in [3.8, 4) is 0 Å². The lowest BCUT2D eigenvalue weighted by Crippen LogP contribution is -2.33. The van der Waals surface area contributed by atoms with E-state index < -0.39 is 12.1 Å². The van der Waals surface area contributed by atoms with Gasteiger partial charge in [-0.1, -0.05) is 6.42 Å². The molecule has 2 aliphatic heterocycles. The summed E-state index contributed by atoms with van der Waals surface area (Å²) in [6.45, 7) is 1.29. The van der Waals surface area contributed by atoms with Crippen LogP contribution in [0.5, 0.6) is 0 Å². The Morgan fingerprint density at radius 1 is 1.29 bits per heavy atom. The van der Waals surface area contributed by atoms with Gasteiger partial charge in [-0.15, -0.1) is 10.2 Å². The third-order valence-electron chi connectivity index (χ3n) is 4.50. The van der Waals surface area contributed by atoms with Gasteiger partial charge in [0.15, 0.2) is 5.82 Å². The van der Waals surface area contributed by atoms with E-state index in [9.17, 15) is 14.4 Å². The Morgan fingerprint density at radius 3 is 2.88 bits per heavy atom. The summed E-state index contributed by atoms with van der Waals surface area (Å²) < 4.78 is 2.11. The standard InChI is InChI=1S/C15H22N6O3/c1-20(13(22)7-6-10-14(23)17-15(24)16-10)9-12-19-18-11-5-3-2-4-8-21(11)12/h10H,2-9H2,1H3,(H2,16,17,23,24)/t10-/m1/s1. The zero-order valence-corrected chi connectivity index (χ0v) is 13.7. The van der Waals surface area contributed by atoms with Crippen LogP contribution in [0.2, 0.25) is 0 Å². The van der Waals surface area contributed by atoms with Crippen LogP contribution in [0.25, 0.3) is 0 Å². The predicted octanol–water partition coefficient (Wildman–Crippen LogP) is -0.0489. The summed E-state index contributed by atoms with van der Waals surface area (Å²) >= 11 is 0. The molecule has 1 aromatic rings. The topological polar surface area (TPSA) is 109 Å². The van der Waals surface area contributed by atoms with Crippen molar-refractivity contribution in [3.63, 3.8) is 0 Å². The van der Waals surface area contributed by atoms with E-state index in [2.05, 4.69) is 25.4 Å². The number of urea groups is 1. The van der Waals surface area contributed by atoms with Gasteiger partial charge < -0.3 is 14.8 Å². The van der Waals surface area contributed by atoms with Crippen LogP contribution >= 0.6 is 0 Å². The van der Waals surface area contributed by atoms with Crippen LogP contribution in [-0.2, 0) is 29.1 Å². The molecule has 0 radical (unpaired) electrons. The van der Waals surface area contributed by atoms with Crippen LogP contribution in [0.15, 0.2) is 0 Å². The largest absolute Gasteiger partial charge is 0.338 e. The number of fused-ring (bicyclic) bond motifs is 1. The van der Waals surface area contributed by atoms with Crippen LogP contribution < -0.4 is 10.6 Å². The minimum absolute atomic E-state index is 0.0880. The number of hydrogen-bond donors (Lipinski definition) is 2. The van der Waals surface area contributed by atoms with Crippen molar-refractivity contribution in [1.82, 2.24) is 30.3 Å². The molecule has 24 heavy (non-hydrogen) atoms. The van der Waals surface area contributed by atoms with Crippen molar-refractivity contribution >= 4 is 17.8 Å². The van der Waals surface area contributed by atoms with Crippen molar-refractivity contribution < 1.29 is 14.4 Å². The first-order valence-corrected chi connectivity index (χ1v) is 8.31. The van der Waals surface area contributed by atoms with Crippen molar-refractivity contribution in [2.45, 2.75) is 57.7 Å². The zero-order chi connectivity index (χ0) is 17.1. The number of rotatable bonds is 5. The van der Waals surface area contributed by atoms with E-state index in [4.69, 9.17) is 0 Å². The Labute approximate surface area is 139 Å². The number of carbonyl (C=O) groups is 3. The number of nitrogens with one attached hydrogen (secondary N) is 2. The van der Waals surface area contributed by atoms with Gasteiger partial charge in [-0.2, -0.15) is 0 Å². The molecule has 1 saturated heterocycles. The van der Waals surface area contributed by atoms with Crippen LogP contribution in [-0.4, -0.2) is 50.6 Å². The van der Waals surface area contributed by atoms with E-state index >= 15 is 0 Å². The molecule has 4 amide bonds.